The van der Waals surface area contributed by atoms with Crippen molar-refractivity contribution >= 4 is 11.5 Å². The van der Waals surface area contributed by atoms with Gasteiger partial charge in [0.25, 0.3) is 5.92 Å². The molecule has 2 unspecified atom stereocenters. The third-order valence-corrected chi connectivity index (χ3v) is 4.03. The summed E-state index contributed by atoms with van der Waals surface area (Å²) in [7, 11) is 0. The smallest absolute Gasteiger partial charge is 0.263 e. The van der Waals surface area contributed by atoms with Gasteiger partial charge in [0.1, 0.15) is 5.78 Å². The molecular formula is C15H17F2NO. The van der Waals surface area contributed by atoms with Crippen LogP contribution in [-0.2, 0) is 4.79 Å². The van der Waals surface area contributed by atoms with E-state index in [0.717, 1.165) is 0 Å². The maximum atomic E-state index is 14.0. The highest BCUT2D eigenvalue weighted by molar-refractivity contribution is 6.05. The predicted octanol–water partition coefficient (Wildman–Crippen LogP) is 3.71. The van der Waals surface area contributed by atoms with Crippen LogP contribution >= 0.6 is 0 Å². The Morgan fingerprint density at radius 2 is 2.21 bits per heavy atom. The summed E-state index contributed by atoms with van der Waals surface area (Å²) < 4.78 is 28.0. The average Bonchev–Trinajstić information content (AvgIpc) is 2.87. The molecule has 0 N–H and O–H groups in total. The van der Waals surface area contributed by atoms with Crippen LogP contribution in [0.2, 0.25) is 0 Å². The Morgan fingerprint density at radius 3 is 2.79 bits per heavy atom. The summed E-state index contributed by atoms with van der Waals surface area (Å²) in [5.74, 6) is -3.81. The van der Waals surface area contributed by atoms with Gasteiger partial charge < -0.3 is 0 Å². The Bertz CT molecular complexity index is 490. The van der Waals surface area contributed by atoms with Gasteiger partial charge in [0.15, 0.2) is 0 Å². The summed E-state index contributed by atoms with van der Waals surface area (Å²) in [4.78, 5) is 15.4. The van der Waals surface area contributed by atoms with Gasteiger partial charge in [-0.05, 0) is 25.5 Å². The van der Waals surface area contributed by atoms with E-state index < -0.39 is 17.3 Å². The van der Waals surface area contributed by atoms with Crippen molar-refractivity contribution in [2.45, 2.75) is 32.1 Å². The monoisotopic (exact) mass is 265 g/mol. The number of carbonyl (C=O) groups is 1. The zero-order chi connectivity index (χ0) is 14.1. The number of hydrogen-bond donors (Lipinski definition) is 0. The number of rotatable bonds is 4. The lowest BCUT2D eigenvalue weighted by Gasteiger charge is -2.19. The van der Waals surface area contributed by atoms with Crippen molar-refractivity contribution in [1.82, 2.24) is 0 Å². The number of allylic oxidation sites excluding steroid dienone is 4. The Hall–Kier alpha value is -1.58. The number of Topliss-reactive ketones (excluding diaryl/α,β-unsaturated/α-hetero) is 1. The fourth-order valence-electron chi connectivity index (χ4n) is 2.95. The molecule has 2 rings (SSSR count). The lowest BCUT2D eigenvalue weighted by atomic mass is 9.83. The predicted molar refractivity (Wildman–Crippen MR) is 71.3 cm³/mol. The summed E-state index contributed by atoms with van der Waals surface area (Å²) in [6.45, 7) is 5.45. The highest BCUT2D eigenvalue weighted by Crippen LogP contribution is 2.72. The second kappa shape index (κ2) is 4.83. The fraction of sp³-hybridized carbons (Fsp3) is 0.467. The third-order valence-electron chi connectivity index (χ3n) is 4.03. The minimum absolute atomic E-state index is 0.0432. The van der Waals surface area contributed by atoms with Crippen molar-refractivity contribution in [3.05, 3.63) is 37.1 Å². The Morgan fingerprint density at radius 1 is 1.47 bits per heavy atom. The number of ketones is 1. The molecule has 0 aromatic rings. The van der Waals surface area contributed by atoms with Crippen LogP contribution in [0.5, 0.6) is 0 Å². The maximum Gasteiger partial charge on any atom is 0.263 e. The molecule has 2 aliphatic rings. The molecule has 2 atom stereocenters. The topological polar surface area (TPSA) is 29.4 Å². The van der Waals surface area contributed by atoms with E-state index in [9.17, 15) is 13.6 Å². The van der Waals surface area contributed by atoms with Gasteiger partial charge in [-0.25, -0.2) is 8.78 Å². The molecule has 2 nitrogen and oxygen atoms in total. The average molecular weight is 265 g/mol. The van der Waals surface area contributed by atoms with Crippen LogP contribution in [0.4, 0.5) is 8.78 Å². The molecule has 0 amide bonds. The second-order valence-corrected chi connectivity index (χ2v) is 4.98. The van der Waals surface area contributed by atoms with Crippen LogP contribution in [0.25, 0.3) is 0 Å². The van der Waals surface area contributed by atoms with Crippen LogP contribution in [0, 0.1) is 11.3 Å². The largest absolute Gasteiger partial charge is 0.300 e. The molecule has 2 saturated carbocycles. The Kier molecular flexibility index (Phi) is 3.52. The number of aliphatic imine (C=N–C) groups is 1. The van der Waals surface area contributed by atoms with Gasteiger partial charge >= 0.3 is 0 Å². The van der Waals surface area contributed by atoms with E-state index in [4.69, 9.17) is 0 Å². The van der Waals surface area contributed by atoms with Crippen LogP contribution in [0.3, 0.4) is 0 Å². The minimum Gasteiger partial charge on any atom is -0.300 e. The standard InChI is InChI=1S/C15H17F2NO/c1-3-5-6-9-18-13(4-2)14-8-7-11(19)10-12(14)15(14,16)17/h3-6,9,12H,2,7-8,10H2,1H3/b5-3-,9-6-,18-13?. The molecule has 0 bridgehead atoms. The van der Waals surface area contributed by atoms with Gasteiger partial charge in [-0.1, -0.05) is 18.7 Å². The lowest BCUT2D eigenvalue weighted by molar-refractivity contribution is -0.120. The first-order chi connectivity index (χ1) is 9.00. The third kappa shape index (κ3) is 1.99. The summed E-state index contributed by atoms with van der Waals surface area (Å²) in [6, 6.07) is 0. The van der Waals surface area contributed by atoms with Crippen LogP contribution in [0.1, 0.15) is 26.2 Å². The van der Waals surface area contributed by atoms with Gasteiger partial charge in [-0.15, -0.1) is 0 Å². The van der Waals surface area contributed by atoms with Crippen molar-refractivity contribution in [1.29, 1.82) is 0 Å². The molecule has 0 saturated heterocycles. The van der Waals surface area contributed by atoms with Crippen LogP contribution in [-0.4, -0.2) is 17.4 Å². The van der Waals surface area contributed by atoms with Gasteiger partial charge in [0, 0.05) is 25.0 Å². The van der Waals surface area contributed by atoms with Gasteiger partial charge in [-0.2, -0.15) is 0 Å². The molecular weight excluding hydrogens is 248 g/mol. The molecule has 2 fully saturated rings. The molecule has 19 heavy (non-hydrogen) atoms. The van der Waals surface area contributed by atoms with E-state index in [2.05, 4.69) is 11.6 Å². The van der Waals surface area contributed by atoms with Crippen molar-refractivity contribution < 1.29 is 13.6 Å². The number of nitrogens with zero attached hydrogens (tertiary/aromatic N) is 1. The molecule has 0 radical (unpaired) electrons. The number of carbonyl (C=O) groups excluding carboxylic acids is 1. The first kappa shape index (κ1) is 13.8. The number of alkyl halides is 2. The first-order valence-electron chi connectivity index (χ1n) is 6.38. The van der Waals surface area contributed by atoms with E-state index in [0.29, 0.717) is 5.71 Å². The van der Waals surface area contributed by atoms with Crippen molar-refractivity contribution in [2.75, 3.05) is 0 Å². The second-order valence-electron chi connectivity index (χ2n) is 4.98. The number of fused-ring (bicyclic) bond motifs is 1. The van der Waals surface area contributed by atoms with Gasteiger partial charge in [-0.3, -0.25) is 9.79 Å². The maximum absolute atomic E-state index is 14.0. The molecule has 0 heterocycles. The van der Waals surface area contributed by atoms with Crippen LogP contribution < -0.4 is 0 Å². The zero-order valence-corrected chi connectivity index (χ0v) is 10.9. The quantitative estimate of drug-likeness (QED) is 0.563. The molecule has 0 spiro atoms. The summed E-state index contributed by atoms with van der Waals surface area (Å²) in [5.41, 5.74) is -0.959. The highest BCUT2D eigenvalue weighted by atomic mass is 19.3. The van der Waals surface area contributed by atoms with E-state index in [-0.39, 0.29) is 25.0 Å². The normalized spacial score (nSPS) is 33.7. The Balaban J connectivity index is 2.28. The molecule has 0 aromatic carbocycles. The molecule has 0 aliphatic heterocycles. The van der Waals surface area contributed by atoms with Crippen LogP contribution in [0.15, 0.2) is 42.1 Å². The Labute approximate surface area is 111 Å². The SMILES string of the molecule is C=CC(=N/C=C\C=C/C)C12CCC(=O)CC1C2(F)F. The van der Waals surface area contributed by atoms with Gasteiger partial charge in [0.2, 0.25) is 0 Å². The van der Waals surface area contributed by atoms with E-state index in [1.807, 2.05) is 13.0 Å². The lowest BCUT2D eigenvalue weighted by Crippen LogP contribution is -2.25. The van der Waals surface area contributed by atoms with Gasteiger partial charge in [0.05, 0.1) is 11.1 Å². The molecule has 4 heteroatoms. The van der Waals surface area contributed by atoms with Crippen molar-refractivity contribution in [3.8, 4) is 0 Å². The van der Waals surface area contributed by atoms with Crippen molar-refractivity contribution in [2.24, 2.45) is 16.3 Å². The highest BCUT2D eigenvalue weighted by Gasteiger charge is 2.82. The molecule has 0 aromatic heterocycles. The molecule has 2 aliphatic carbocycles. The summed E-state index contributed by atoms with van der Waals surface area (Å²) >= 11 is 0. The van der Waals surface area contributed by atoms with E-state index >= 15 is 0 Å². The molecule has 102 valence electrons. The van der Waals surface area contributed by atoms with E-state index in [1.54, 1.807) is 12.2 Å². The zero-order valence-electron chi connectivity index (χ0n) is 10.9. The summed E-state index contributed by atoms with van der Waals surface area (Å²) in [5, 5.41) is 0. The fourth-order valence-corrected chi connectivity index (χ4v) is 2.95. The number of halogens is 2. The minimum atomic E-state index is -2.83. The van der Waals surface area contributed by atoms with E-state index in [1.165, 1.54) is 12.3 Å². The van der Waals surface area contributed by atoms with Crippen molar-refractivity contribution in [3.63, 3.8) is 0 Å². The number of hydrogen-bond acceptors (Lipinski definition) is 2. The first-order valence-corrected chi connectivity index (χ1v) is 6.38. The summed E-state index contributed by atoms with van der Waals surface area (Å²) in [6.07, 6.45) is 8.50.